The van der Waals surface area contributed by atoms with Crippen molar-refractivity contribution in [3.05, 3.63) is 133 Å². The number of nitrogens with zero attached hydrogens (tertiary/aromatic N) is 4. The molecule has 0 unspecified atom stereocenters. The highest BCUT2D eigenvalue weighted by atomic mass is 16.1. The minimum Gasteiger partial charge on any atom is -0.300 e. The Morgan fingerprint density at radius 2 is 0.841 bits per heavy atom. The van der Waals surface area contributed by atoms with Crippen LogP contribution in [-0.4, -0.2) is 25.7 Å². The molecule has 8 rings (SSSR count). The number of rotatable bonds is 2. The van der Waals surface area contributed by atoms with E-state index in [1.807, 2.05) is 26.2 Å². The van der Waals surface area contributed by atoms with Gasteiger partial charge in [-0.1, -0.05) is 103 Å². The number of benzene rings is 6. The Labute approximate surface area is 255 Å². The standard InChI is InChI=1S/2C17H12N2.C5H8O/c2*1-11-10-18-16-14-8-4-2-6-12(14)13-7-3-5-9-15(13)17(16)19-11;1-3-4-5(2)6/h2*2-10H,1H3;3H,1,4H2,2H3. The Kier molecular flexibility index (Phi) is 8.02. The van der Waals surface area contributed by atoms with E-state index in [0.29, 0.717) is 6.42 Å². The van der Waals surface area contributed by atoms with Gasteiger partial charge in [-0.05, 0) is 42.3 Å². The second kappa shape index (κ2) is 12.4. The van der Waals surface area contributed by atoms with Crippen molar-refractivity contribution in [2.45, 2.75) is 27.2 Å². The van der Waals surface area contributed by atoms with Crippen LogP contribution in [0.5, 0.6) is 0 Å². The van der Waals surface area contributed by atoms with Gasteiger partial charge in [0, 0.05) is 40.4 Å². The van der Waals surface area contributed by atoms with Gasteiger partial charge >= 0.3 is 0 Å². The summed E-state index contributed by atoms with van der Waals surface area (Å²) in [6.07, 6.45) is 5.77. The molecule has 6 aromatic carbocycles. The van der Waals surface area contributed by atoms with Crippen LogP contribution in [0, 0.1) is 13.8 Å². The maximum absolute atomic E-state index is 9.97. The van der Waals surface area contributed by atoms with Gasteiger partial charge in [-0.15, -0.1) is 6.58 Å². The molecule has 0 atom stereocenters. The molecular weight excluding hydrogens is 540 g/mol. The van der Waals surface area contributed by atoms with Crippen molar-refractivity contribution in [2.24, 2.45) is 0 Å². The van der Waals surface area contributed by atoms with Crippen molar-refractivity contribution in [3.63, 3.8) is 0 Å². The average molecular weight is 573 g/mol. The number of carbonyl (C=O) groups is 1. The first-order valence-corrected chi connectivity index (χ1v) is 14.6. The molecule has 44 heavy (non-hydrogen) atoms. The van der Waals surface area contributed by atoms with Crippen LogP contribution in [0.3, 0.4) is 0 Å². The maximum Gasteiger partial charge on any atom is 0.133 e. The highest BCUT2D eigenvalue weighted by Gasteiger charge is 2.11. The molecule has 0 N–H and O–H groups in total. The van der Waals surface area contributed by atoms with E-state index in [4.69, 9.17) is 9.97 Å². The monoisotopic (exact) mass is 572 g/mol. The van der Waals surface area contributed by atoms with E-state index in [1.54, 1.807) is 13.0 Å². The van der Waals surface area contributed by atoms with Crippen LogP contribution in [0.1, 0.15) is 24.7 Å². The van der Waals surface area contributed by atoms with E-state index in [-0.39, 0.29) is 5.78 Å². The lowest BCUT2D eigenvalue weighted by Gasteiger charge is -2.08. The van der Waals surface area contributed by atoms with Crippen LogP contribution in [0.4, 0.5) is 0 Å². The third-order valence-corrected chi connectivity index (χ3v) is 7.53. The van der Waals surface area contributed by atoms with Gasteiger partial charge in [-0.25, -0.2) is 9.97 Å². The first kappa shape index (κ1) is 28.6. The first-order chi connectivity index (χ1) is 21.5. The van der Waals surface area contributed by atoms with Crippen LogP contribution in [0.2, 0.25) is 0 Å². The van der Waals surface area contributed by atoms with Crippen molar-refractivity contribution in [3.8, 4) is 0 Å². The van der Waals surface area contributed by atoms with E-state index in [1.165, 1.54) is 43.1 Å². The summed E-state index contributed by atoms with van der Waals surface area (Å²) in [4.78, 5) is 28.5. The highest BCUT2D eigenvalue weighted by molar-refractivity contribution is 6.23. The predicted octanol–water partition coefficient (Wildman–Crippen LogP) is 9.64. The molecule has 5 heteroatoms. The molecule has 0 aliphatic carbocycles. The van der Waals surface area contributed by atoms with E-state index in [0.717, 1.165) is 33.5 Å². The molecule has 214 valence electrons. The molecule has 2 heterocycles. The summed E-state index contributed by atoms with van der Waals surface area (Å²) < 4.78 is 0. The van der Waals surface area contributed by atoms with E-state index >= 15 is 0 Å². The van der Waals surface area contributed by atoms with Crippen molar-refractivity contribution in [1.29, 1.82) is 0 Å². The van der Waals surface area contributed by atoms with Crippen molar-refractivity contribution < 1.29 is 4.79 Å². The zero-order valence-electron chi connectivity index (χ0n) is 25.1. The van der Waals surface area contributed by atoms with Gasteiger partial charge < -0.3 is 0 Å². The normalized spacial score (nSPS) is 10.9. The summed E-state index contributed by atoms with van der Waals surface area (Å²) in [5, 5.41) is 9.65. The zero-order valence-corrected chi connectivity index (χ0v) is 25.1. The molecule has 0 aliphatic heterocycles. The molecule has 0 aliphatic rings. The van der Waals surface area contributed by atoms with Crippen LogP contribution in [0.15, 0.2) is 122 Å². The van der Waals surface area contributed by atoms with E-state index < -0.39 is 0 Å². The highest BCUT2D eigenvalue weighted by Crippen LogP contribution is 2.33. The molecular formula is C39H32N4O. The second-order valence-electron chi connectivity index (χ2n) is 10.8. The Balaban J connectivity index is 0.000000132. The molecule has 0 saturated heterocycles. The lowest BCUT2D eigenvalue weighted by molar-refractivity contribution is -0.116. The fourth-order valence-electron chi connectivity index (χ4n) is 5.63. The third-order valence-electron chi connectivity index (χ3n) is 7.53. The second-order valence-corrected chi connectivity index (χ2v) is 10.8. The number of aromatic nitrogens is 4. The molecule has 0 fully saturated rings. The molecule has 2 aromatic heterocycles. The number of carbonyl (C=O) groups excluding carboxylic acids is 1. The number of aryl methyl sites for hydroxylation is 2. The average Bonchev–Trinajstić information content (AvgIpc) is 3.05. The quantitative estimate of drug-likeness (QED) is 0.152. The van der Waals surface area contributed by atoms with Crippen molar-refractivity contribution in [2.75, 3.05) is 0 Å². The summed E-state index contributed by atoms with van der Waals surface area (Å²) >= 11 is 0. The van der Waals surface area contributed by atoms with Gasteiger partial charge in [0.1, 0.15) is 5.78 Å². The van der Waals surface area contributed by atoms with Crippen LogP contribution >= 0.6 is 0 Å². The molecule has 0 saturated carbocycles. The van der Waals surface area contributed by atoms with Gasteiger partial charge in [0.2, 0.25) is 0 Å². The Hall–Kier alpha value is -5.55. The predicted molar refractivity (Wildman–Crippen MR) is 184 cm³/mol. The third kappa shape index (κ3) is 5.48. The number of hydrogen-bond acceptors (Lipinski definition) is 5. The largest absolute Gasteiger partial charge is 0.300 e. The smallest absolute Gasteiger partial charge is 0.133 e. The van der Waals surface area contributed by atoms with Gasteiger partial charge in [0.25, 0.3) is 0 Å². The summed E-state index contributed by atoms with van der Waals surface area (Å²) in [5.74, 6) is 0.171. The summed E-state index contributed by atoms with van der Waals surface area (Å²) in [5.41, 5.74) is 5.87. The Bertz CT molecular complexity index is 2120. The molecule has 8 aromatic rings. The van der Waals surface area contributed by atoms with E-state index in [9.17, 15) is 4.79 Å². The molecule has 5 nitrogen and oxygen atoms in total. The molecule has 0 bridgehead atoms. The summed E-state index contributed by atoms with van der Waals surface area (Å²) in [6.45, 7) is 8.89. The van der Waals surface area contributed by atoms with Gasteiger partial charge in [0.15, 0.2) is 0 Å². The van der Waals surface area contributed by atoms with Crippen molar-refractivity contribution in [1.82, 2.24) is 19.9 Å². The maximum atomic E-state index is 9.97. The summed E-state index contributed by atoms with van der Waals surface area (Å²) in [6, 6.07) is 33.6. The first-order valence-electron chi connectivity index (χ1n) is 14.6. The van der Waals surface area contributed by atoms with Gasteiger partial charge in [-0.2, -0.15) is 0 Å². The molecule has 0 spiro atoms. The minimum absolute atomic E-state index is 0.171. The number of hydrogen-bond donors (Lipinski definition) is 0. The van der Waals surface area contributed by atoms with Crippen LogP contribution in [-0.2, 0) is 4.79 Å². The molecule has 0 amide bonds. The van der Waals surface area contributed by atoms with Crippen LogP contribution < -0.4 is 0 Å². The summed E-state index contributed by atoms with van der Waals surface area (Å²) in [7, 11) is 0. The zero-order chi connectivity index (χ0) is 30.6. The SMILES string of the molecule is C=CCC(C)=O.Cc1cnc2c3ccccc3c3ccccc3c2n1.Cc1cnc2c3ccccc3c3ccccc3c2n1. The lowest BCUT2D eigenvalue weighted by atomic mass is 9.99. The molecule has 0 radical (unpaired) electrons. The number of fused-ring (bicyclic) bond motifs is 12. The van der Waals surface area contributed by atoms with Gasteiger partial charge in [-0.3, -0.25) is 14.8 Å². The minimum atomic E-state index is 0.171. The number of Topliss-reactive ketones (excluding diaryl/α,β-unsaturated/α-hetero) is 1. The fraction of sp³-hybridized carbons (Fsp3) is 0.103. The number of allylic oxidation sites excluding steroid dienone is 1. The van der Waals surface area contributed by atoms with Crippen molar-refractivity contribution >= 4 is 70.9 Å². The van der Waals surface area contributed by atoms with Gasteiger partial charge in [0.05, 0.1) is 33.5 Å². The van der Waals surface area contributed by atoms with Crippen LogP contribution in [0.25, 0.3) is 65.2 Å². The topological polar surface area (TPSA) is 68.6 Å². The lowest BCUT2D eigenvalue weighted by Crippen LogP contribution is -1.90. The van der Waals surface area contributed by atoms with E-state index in [2.05, 4.69) is 114 Å². The fourth-order valence-corrected chi connectivity index (χ4v) is 5.63. The number of ketones is 1. The Morgan fingerprint density at radius 3 is 1.11 bits per heavy atom. The Morgan fingerprint density at radius 1 is 0.545 bits per heavy atom.